The Balaban J connectivity index is 1.46. The van der Waals surface area contributed by atoms with Gasteiger partial charge in [-0.05, 0) is 35.7 Å². The minimum Gasteiger partial charge on any atom is -0.395 e. The van der Waals surface area contributed by atoms with Crippen LogP contribution in [0.4, 0.5) is 17.3 Å². The number of anilines is 3. The second kappa shape index (κ2) is 8.76. The lowest BCUT2D eigenvalue weighted by atomic mass is 10.0. The van der Waals surface area contributed by atoms with Crippen LogP contribution in [-0.2, 0) is 0 Å². The van der Waals surface area contributed by atoms with Gasteiger partial charge >= 0.3 is 0 Å². The molecule has 3 aromatic rings. The third kappa shape index (κ3) is 4.49. The smallest absolute Gasteiger partial charge is 0.227 e. The van der Waals surface area contributed by atoms with Crippen molar-refractivity contribution in [1.82, 2.24) is 14.9 Å². The van der Waals surface area contributed by atoms with Crippen LogP contribution < -0.4 is 10.2 Å². The van der Waals surface area contributed by atoms with Gasteiger partial charge in [0.25, 0.3) is 0 Å². The summed E-state index contributed by atoms with van der Waals surface area (Å²) < 4.78 is 0. The summed E-state index contributed by atoms with van der Waals surface area (Å²) in [5, 5.41) is 13.5. The fourth-order valence-corrected chi connectivity index (χ4v) is 3.86. The van der Waals surface area contributed by atoms with Gasteiger partial charge in [-0.1, -0.05) is 32.0 Å². The normalized spacial score (nSPS) is 15.2. The molecule has 0 aliphatic carbocycles. The topological polar surface area (TPSA) is 64.5 Å². The Labute approximate surface area is 172 Å². The van der Waals surface area contributed by atoms with E-state index in [4.69, 9.17) is 10.1 Å². The van der Waals surface area contributed by atoms with Crippen LogP contribution in [0.15, 0.2) is 48.7 Å². The first kappa shape index (κ1) is 19.6. The summed E-state index contributed by atoms with van der Waals surface area (Å²) in [6.07, 6.45) is 1.89. The Morgan fingerprint density at radius 3 is 2.48 bits per heavy atom. The zero-order valence-electron chi connectivity index (χ0n) is 17.2. The van der Waals surface area contributed by atoms with E-state index in [2.05, 4.69) is 76.4 Å². The van der Waals surface area contributed by atoms with Crippen molar-refractivity contribution in [2.24, 2.45) is 0 Å². The van der Waals surface area contributed by atoms with E-state index in [0.717, 1.165) is 49.3 Å². The molecule has 0 bridgehead atoms. The van der Waals surface area contributed by atoms with E-state index in [-0.39, 0.29) is 6.61 Å². The van der Waals surface area contributed by atoms with Crippen molar-refractivity contribution in [3.63, 3.8) is 0 Å². The summed E-state index contributed by atoms with van der Waals surface area (Å²) in [5.74, 6) is 1.04. The first-order valence-electron chi connectivity index (χ1n) is 10.3. The largest absolute Gasteiger partial charge is 0.395 e. The molecule has 0 amide bonds. The lowest BCUT2D eigenvalue weighted by molar-refractivity contribution is 0.189. The zero-order chi connectivity index (χ0) is 20.2. The van der Waals surface area contributed by atoms with E-state index >= 15 is 0 Å². The average Bonchev–Trinajstić information content (AvgIpc) is 2.74. The van der Waals surface area contributed by atoms with Crippen LogP contribution in [0.5, 0.6) is 0 Å². The van der Waals surface area contributed by atoms with Crippen LogP contribution in [-0.4, -0.2) is 59.3 Å². The molecule has 4 rings (SSSR count). The standard InChI is InChI=1S/C23H29N5O/c1-17(2)21-5-3-4-18-16-24-23(26-22(18)21)25-19-6-8-20(9-7-19)28-12-10-27(11-13-28)14-15-29/h3-9,16-17,29H,10-15H2,1-2H3,(H,24,25,26). The molecule has 0 spiro atoms. The zero-order valence-corrected chi connectivity index (χ0v) is 17.2. The monoisotopic (exact) mass is 391 g/mol. The third-order valence-corrected chi connectivity index (χ3v) is 5.54. The average molecular weight is 392 g/mol. The van der Waals surface area contributed by atoms with E-state index in [0.29, 0.717) is 11.9 Å². The number of rotatable bonds is 6. The van der Waals surface area contributed by atoms with E-state index in [1.165, 1.54) is 11.3 Å². The minimum absolute atomic E-state index is 0.232. The number of hydrogen-bond acceptors (Lipinski definition) is 6. The van der Waals surface area contributed by atoms with Crippen molar-refractivity contribution in [1.29, 1.82) is 0 Å². The van der Waals surface area contributed by atoms with Crippen molar-refractivity contribution in [3.8, 4) is 0 Å². The lowest BCUT2D eigenvalue weighted by Gasteiger charge is -2.35. The number of aromatic nitrogens is 2. The van der Waals surface area contributed by atoms with Crippen molar-refractivity contribution in [2.45, 2.75) is 19.8 Å². The van der Waals surface area contributed by atoms with E-state index < -0.39 is 0 Å². The maximum atomic E-state index is 9.08. The van der Waals surface area contributed by atoms with Crippen LogP contribution in [0.2, 0.25) is 0 Å². The first-order valence-corrected chi connectivity index (χ1v) is 10.3. The minimum atomic E-state index is 0.232. The Morgan fingerprint density at radius 2 is 1.79 bits per heavy atom. The van der Waals surface area contributed by atoms with Gasteiger partial charge in [0.2, 0.25) is 5.95 Å². The van der Waals surface area contributed by atoms with Gasteiger partial charge in [-0.3, -0.25) is 4.90 Å². The maximum absolute atomic E-state index is 9.08. The van der Waals surface area contributed by atoms with Crippen molar-refractivity contribution >= 4 is 28.2 Å². The van der Waals surface area contributed by atoms with Crippen molar-refractivity contribution in [2.75, 3.05) is 49.5 Å². The van der Waals surface area contributed by atoms with Crippen LogP contribution in [0.3, 0.4) is 0 Å². The summed E-state index contributed by atoms with van der Waals surface area (Å²) in [6, 6.07) is 14.7. The molecule has 0 saturated carbocycles. The molecule has 1 aliphatic heterocycles. The fourth-order valence-electron chi connectivity index (χ4n) is 3.86. The quantitative estimate of drug-likeness (QED) is 0.669. The highest BCUT2D eigenvalue weighted by molar-refractivity contribution is 5.82. The number of aliphatic hydroxyl groups is 1. The third-order valence-electron chi connectivity index (χ3n) is 5.54. The van der Waals surface area contributed by atoms with Gasteiger partial charge in [-0.2, -0.15) is 0 Å². The highest BCUT2D eigenvalue weighted by atomic mass is 16.3. The fraction of sp³-hybridized carbons (Fsp3) is 0.391. The van der Waals surface area contributed by atoms with Gasteiger partial charge in [0.05, 0.1) is 12.1 Å². The summed E-state index contributed by atoms with van der Waals surface area (Å²) >= 11 is 0. The Morgan fingerprint density at radius 1 is 1.03 bits per heavy atom. The van der Waals surface area contributed by atoms with Gasteiger partial charge in [-0.15, -0.1) is 0 Å². The number of β-amino-alcohol motifs (C(OH)–C–C–N with tert-alkyl or cyclic N) is 1. The second-order valence-corrected chi connectivity index (χ2v) is 7.86. The molecule has 1 aliphatic rings. The van der Waals surface area contributed by atoms with Gasteiger partial charge in [-0.25, -0.2) is 9.97 Å². The number of para-hydroxylation sites is 1. The molecule has 6 nitrogen and oxygen atoms in total. The SMILES string of the molecule is CC(C)c1cccc2cnc(Nc3ccc(N4CCN(CCO)CC4)cc3)nc12. The number of fused-ring (bicyclic) bond motifs is 1. The second-order valence-electron chi connectivity index (χ2n) is 7.86. The molecular weight excluding hydrogens is 362 g/mol. The van der Waals surface area contributed by atoms with Gasteiger partial charge < -0.3 is 15.3 Å². The number of hydrogen-bond donors (Lipinski definition) is 2. The first-order chi connectivity index (χ1) is 14.1. The molecule has 29 heavy (non-hydrogen) atoms. The number of aliphatic hydroxyl groups excluding tert-OH is 1. The molecule has 0 unspecified atom stereocenters. The summed E-state index contributed by atoms with van der Waals surface area (Å²) in [5.41, 5.74) is 4.45. The Hall–Kier alpha value is -2.70. The number of benzene rings is 2. The molecular formula is C23H29N5O. The number of nitrogens with one attached hydrogen (secondary N) is 1. The van der Waals surface area contributed by atoms with Crippen molar-refractivity contribution < 1.29 is 5.11 Å². The van der Waals surface area contributed by atoms with Crippen LogP contribution in [0, 0.1) is 0 Å². The Kier molecular flexibility index (Phi) is 5.92. The van der Waals surface area contributed by atoms with Crippen LogP contribution in [0.1, 0.15) is 25.3 Å². The van der Waals surface area contributed by atoms with Gasteiger partial charge in [0.1, 0.15) is 0 Å². The highest BCUT2D eigenvalue weighted by Gasteiger charge is 2.16. The summed E-state index contributed by atoms with van der Waals surface area (Å²) in [7, 11) is 0. The summed E-state index contributed by atoms with van der Waals surface area (Å²) in [4.78, 5) is 13.9. The molecule has 0 radical (unpaired) electrons. The van der Waals surface area contributed by atoms with Gasteiger partial charge in [0.15, 0.2) is 0 Å². The Bertz CT molecular complexity index is 949. The molecule has 1 fully saturated rings. The molecule has 2 aromatic carbocycles. The van der Waals surface area contributed by atoms with E-state index in [1.807, 2.05) is 6.20 Å². The molecule has 0 atom stereocenters. The molecule has 1 aromatic heterocycles. The maximum Gasteiger partial charge on any atom is 0.227 e. The molecule has 152 valence electrons. The lowest BCUT2D eigenvalue weighted by Crippen LogP contribution is -2.47. The number of piperazine rings is 1. The highest BCUT2D eigenvalue weighted by Crippen LogP contribution is 2.26. The predicted octanol–water partition coefficient (Wildman–Crippen LogP) is 3.61. The molecule has 6 heteroatoms. The van der Waals surface area contributed by atoms with E-state index in [1.54, 1.807) is 0 Å². The van der Waals surface area contributed by atoms with Gasteiger partial charge in [0, 0.05) is 55.7 Å². The molecule has 2 N–H and O–H groups in total. The number of nitrogens with zero attached hydrogens (tertiary/aromatic N) is 4. The summed E-state index contributed by atoms with van der Waals surface area (Å²) in [6.45, 7) is 9.32. The van der Waals surface area contributed by atoms with E-state index in [9.17, 15) is 0 Å². The van der Waals surface area contributed by atoms with Crippen LogP contribution in [0.25, 0.3) is 10.9 Å². The predicted molar refractivity (Wildman–Crippen MR) is 119 cm³/mol. The molecule has 1 saturated heterocycles. The van der Waals surface area contributed by atoms with Crippen LogP contribution >= 0.6 is 0 Å². The van der Waals surface area contributed by atoms with Crippen molar-refractivity contribution in [3.05, 3.63) is 54.2 Å². The molecule has 2 heterocycles.